The van der Waals surface area contributed by atoms with E-state index in [1.54, 1.807) is 12.5 Å². The first-order valence-corrected chi connectivity index (χ1v) is 5.21. The molecule has 2 aromatic rings. The SMILES string of the molecule is Cn1cncc1CNc1ccc(F)c([N+](=O)[O-])c1. The third-order valence-electron chi connectivity index (χ3n) is 2.53. The Hall–Kier alpha value is -2.44. The van der Waals surface area contributed by atoms with Crippen LogP contribution in [-0.2, 0) is 13.6 Å². The summed E-state index contributed by atoms with van der Waals surface area (Å²) in [7, 11) is 1.84. The summed E-state index contributed by atoms with van der Waals surface area (Å²) in [6, 6.07) is 3.70. The molecule has 1 N–H and O–H groups in total. The van der Waals surface area contributed by atoms with Crippen LogP contribution in [0.1, 0.15) is 5.69 Å². The zero-order valence-corrected chi connectivity index (χ0v) is 9.63. The summed E-state index contributed by atoms with van der Waals surface area (Å²) in [5.41, 5.74) is 0.872. The molecule has 1 aromatic heterocycles. The molecule has 0 saturated heterocycles. The zero-order chi connectivity index (χ0) is 13.1. The smallest absolute Gasteiger partial charge is 0.306 e. The summed E-state index contributed by atoms with van der Waals surface area (Å²) in [4.78, 5) is 13.8. The number of benzene rings is 1. The average molecular weight is 250 g/mol. The maximum Gasteiger partial charge on any atom is 0.306 e. The number of hydrogen-bond acceptors (Lipinski definition) is 4. The molecule has 0 amide bonds. The molecule has 0 aliphatic carbocycles. The lowest BCUT2D eigenvalue weighted by Gasteiger charge is -2.06. The number of hydrogen-bond donors (Lipinski definition) is 1. The van der Waals surface area contributed by atoms with Gasteiger partial charge in [0.25, 0.3) is 0 Å². The van der Waals surface area contributed by atoms with Gasteiger partial charge in [-0.05, 0) is 12.1 Å². The number of nitrogens with zero attached hydrogens (tertiary/aromatic N) is 3. The Morgan fingerprint density at radius 1 is 1.56 bits per heavy atom. The first kappa shape index (κ1) is 12.0. The Morgan fingerprint density at radius 3 is 2.94 bits per heavy atom. The minimum absolute atomic E-state index is 0.458. The predicted octanol–water partition coefficient (Wildman–Crippen LogP) is 2.08. The van der Waals surface area contributed by atoms with E-state index in [1.165, 1.54) is 12.1 Å². The van der Waals surface area contributed by atoms with E-state index in [-0.39, 0.29) is 0 Å². The zero-order valence-electron chi connectivity index (χ0n) is 9.63. The van der Waals surface area contributed by atoms with Crippen molar-refractivity contribution in [1.82, 2.24) is 9.55 Å². The van der Waals surface area contributed by atoms with Crippen molar-refractivity contribution < 1.29 is 9.31 Å². The highest BCUT2D eigenvalue weighted by molar-refractivity contribution is 5.51. The van der Waals surface area contributed by atoms with E-state index in [9.17, 15) is 14.5 Å². The maximum atomic E-state index is 13.1. The van der Waals surface area contributed by atoms with Crippen molar-refractivity contribution in [2.75, 3.05) is 5.32 Å². The summed E-state index contributed by atoms with van der Waals surface area (Å²) in [6.07, 6.45) is 3.34. The van der Waals surface area contributed by atoms with Crippen LogP contribution < -0.4 is 5.32 Å². The molecule has 0 saturated carbocycles. The van der Waals surface area contributed by atoms with Crippen LogP contribution in [0, 0.1) is 15.9 Å². The normalized spacial score (nSPS) is 10.3. The van der Waals surface area contributed by atoms with Gasteiger partial charge in [0.1, 0.15) is 0 Å². The maximum absolute atomic E-state index is 13.1. The van der Waals surface area contributed by atoms with E-state index in [0.29, 0.717) is 12.2 Å². The van der Waals surface area contributed by atoms with Crippen molar-refractivity contribution >= 4 is 11.4 Å². The van der Waals surface area contributed by atoms with Gasteiger partial charge in [-0.3, -0.25) is 10.1 Å². The molecule has 0 fully saturated rings. The Labute approximate surface area is 102 Å². The van der Waals surface area contributed by atoms with E-state index >= 15 is 0 Å². The Morgan fingerprint density at radius 2 is 2.33 bits per heavy atom. The van der Waals surface area contributed by atoms with Gasteiger partial charge in [0.15, 0.2) is 0 Å². The van der Waals surface area contributed by atoms with Crippen LogP contribution in [0.3, 0.4) is 0 Å². The predicted molar refractivity (Wildman–Crippen MR) is 63.6 cm³/mol. The number of nitro benzene ring substituents is 1. The summed E-state index contributed by atoms with van der Waals surface area (Å²) in [5, 5.41) is 13.6. The second kappa shape index (κ2) is 4.82. The van der Waals surface area contributed by atoms with Crippen molar-refractivity contribution in [2.45, 2.75) is 6.54 Å². The van der Waals surface area contributed by atoms with Gasteiger partial charge in [0, 0.05) is 25.0 Å². The second-order valence-electron chi connectivity index (χ2n) is 3.77. The van der Waals surface area contributed by atoms with E-state index in [2.05, 4.69) is 10.3 Å². The number of nitro groups is 1. The van der Waals surface area contributed by atoms with Crippen LogP contribution in [0.15, 0.2) is 30.7 Å². The second-order valence-corrected chi connectivity index (χ2v) is 3.77. The highest BCUT2D eigenvalue weighted by atomic mass is 19.1. The van der Waals surface area contributed by atoms with E-state index in [1.807, 2.05) is 11.6 Å². The van der Waals surface area contributed by atoms with Gasteiger partial charge in [0.2, 0.25) is 5.82 Å². The Kier molecular flexibility index (Phi) is 3.22. The van der Waals surface area contributed by atoms with Crippen LogP contribution in [0.4, 0.5) is 15.8 Å². The van der Waals surface area contributed by atoms with Crippen LogP contribution in [0.2, 0.25) is 0 Å². The standard InChI is InChI=1S/C11H11FN4O2/c1-15-7-13-5-9(15)6-14-8-2-3-10(12)11(4-8)16(17)18/h2-5,7,14H,6H2,1H3. The van der Waals surface area contributed by atoms with Crippen LogP contribution in [0.5, 0.6) is 0 Å². The van der Waals surface area contributed by atoms with Gasteiger partial charge in [-0.15, -0.1) is 0 Å². The van der Waals surface area contributed by atoms with Gasteiger partial charge >= 0.3 is 5.69 Å². The number of aromatic nitrogens is 2. The molecular formula is C11H11FN4O2. The minimum Gasteiger partial charge on any atom is -0.379 e. The topological polar surface area (TPSA) is 73.0 Å². The highest BCUT2D eigenvalue weighted by Crippen LogP contribution is 2.21. The molecule has 0 unspecified atom stereocenters. The molecule has 94 valence electrons. The molecule has 0 atom stereocenters. The van der Waals surface area contributed by atoms with Crippen molar-refractivity contribution in [2.24, 2.45) is 7.05 Å². The molecule has 1 aromatic carbocycles. The van der Waals surface area contributed by atoms with E-state index in [0.717, 1.165) is 11.8 Å². The molecule has 0 aliphatic rings. The fourth-order valence-electron chi connectivity index (χ4n) is 1.51. The third-order valence-corrected chi connectivity index (χ3v) is 2.53. The average Bonchev–Trinajstić information content (AvgIpc) is 2.73. The van der Waals surface area contributed by atoms with Crippen molar-refractivity contribution in [3.8, 4) is 0 Å². The lowest BCUT2D eigenvalue weighted by molar-refractivity contribution is -0.387. The fourth-order valence-corrected chi connectivity index (χ4v) is 1.51. The first-order valence-electron chi connectivity index (χ1n) is 5.21. The summed E-state index contributed by atoms with van der Waals surface area (Å²) in [6.45, 7) is 0.458. The van der Waals surface area contributed by atoms with Gasteiger partial charge < -0.3 is 9.88 Å². The molecule has 6 nitrogen and oxygen atoms in total. The number of nitrogens with one attached hydrogen (secondary N) is 1. The number of rotatable bonds is 4. The number of imidazole rings is 1. The molecule has 2 rings (SSSR count). The lowest BCUT2D eigenvalue weighted by atomic mass is 10.2. The molecular weight excluding hydrogens is 239 g/mol. The van der Waals surface area contributed by atoms with Gasteiger partial charge in [-0.25, -0.2) is 4.98 Å². The van der Waals surface area contributed by atoms with Crippen molar-refractivity contribution in [3.63, 3.8) is 0 Å². The largest absolute Gasteiger partial charge is 0.379 e. The van der Waals surface area contributed by atoms with E-state index in [4.69, 9.17) is 0 Å². The number of halogens is 1. The van der Waals surface area contributed by atoms with Crippen molar-refractivity contribution in [1.29, 1.82) is 0 Å². The Bertz CT molecular complexity index is 582. The monoisotopic (exact) mass is 250 g/mol. The van der Waals surface area contributed by atoms with Gasteiger partial charge in [-0.2, -0.15) is 4.39 Å². The minimum atomic E-state index is -0.842. The molecule has 0 spiro atoms. The van der Waals surface area contributed by atoms with Crippen molar-refractivity contribution in [3.05, 3.63) is 52.3 Å². The molecule has 0 aliphatic heterocycles. The highest BCUT2D eigenvalue weighted by Gasteiger charge is 2.14. The molecule has 0 bridgehead atoms. The third kappa shape index (κ3) is 2.45. The molecule has 7 heteroatoms. The summed E-state index contributed by atoms with van der Waals surface area (Å²) in [5.74, 6) is -0.842. The summed E-state index contributed by atoms with van der Waals surface area (Å²) < 4.78 is 14.9. The van der Waals surface area contributed by atoms with Crippen LogP contribution >= 0.6 is 0 Å². The lowest BCUT2D eigenvalue weighted by Crippen LogP contribution is -2.04. The van der Waals surface area contributed by atoms with Gasteiger partial charge in [-0.1, -0.05) is 0 Å². The summed E-state index contributed by atoms with van der Waals surface area (Å²) >= 11 is 0. The quantitative estimate of drug-likeness (QED) is 0.666. The first-order chi connectivity index (χ1) is 8.58. The van der Waals surface area contributed by atoms with Crippen LogP contribution in [0.25, 0.3) is 0 Å². The molecule has 1 heterocycles. The molecule has 18 heavy (non-hydrogen) atoms. The Balaban J connectivity index is 2.13. The van der Waals surface area contributed by atoms with Crippen LogP contribution in [-0.4, -0.2) is 14.5 Å². The number of anilines is 1. The number of aryl methyl sites for hydroxylation is 1. The van der Waals surface area contributed by atoms with Gasteiger partial charge in [0.05, 0.1) is 23.5 Å². The molecule has 0 radical (unpaired) electrons. The van der Waals surface area contributed by atoms with E-state index < -0.39 is 16.4 Å². The fraction of sp³-hybridized carbons (Fsp3) is 0.182.